The van der Waals surface area contributed by atoms with Gasteiger partial charge in [-0.3, -0.25) is 15.1 Å². The van der Waals surface area contributed by atoms with Crippen LogP contribution in [-0.4, -0.2) is 11.1 Å². The van der Waals surface area contributed by atoms with Crippen molar-refractivity contribution in [1.82, 2.24) is 0 Å². The van der Waals surface area contributed by atoms with Crippen molar-refractivity contribution < 1.29 is 9.66 Å². The van der Waals surface area contributed by atoms with Gasteiger partial charge in [0, 0.05) is 28.4 Å². The lowest BCUT2D eigenvalue weighted by atomic mass is 10.1. The Morgan fingerprint density at radius 3 is 2.46 bits per heavy atom. The zero-order chi connectivity index (χ0) is 20.1. The summed E-state index contributed by atoms with van der Waals surface area (Å²) in [6, 6.07) is 18.1. The number of nitrogens with zero attached hydrogens (tertiary/aromatic N) is 2. The van der Waals surface area contributed by atoms with Gasteiger partial charge in [0.2, 0.25) is 0 Å². The van der Waals surface area contributed by atoms with Gasteiger partial charge < -0.3 is 4.74 Å². The highest BCUT2D eigenvalue weighted by molar-refractivity contribution is 9.10. The van der Waals surface area contributed by atoms with Gasteiger partial charge in [-0.2, -0.15) is 0 Å². The van der Waals surface area contributed by atoms with Crippen LogP contribution in [0.1, 0.15) is 22.3 Å². The molecule has 3 aromatic carbocycles. The predicted molar refractivity (Wildman–Crippen MR) is 115 cm³/mol. The Labute approximate surface area is 172 Å². The lowest BCUT2D eigenvalue weighted by Crippen LogP contribution is -1.99. The molecule has 142 valence electrons. The van der Waals surface area contributed by atoms with Crippen molar-refractivity contribution in [1.29, 1.82) is 0 Å². The van der Waals surface area contributed by atoms with Gasteiger partial charge in [0.05, 0.1) is 10.6 Å². The van der Waals surface area contributed by atoms with Gasteiger partial charge in [-0.25, -0.2) is 0 Å². The Morgan fingerprint density at radius 2 is 1.79 bits per heavy atom. The van der Waals surface area contributed by atoms with Crippen LogP contribution in [0.15, 0.2) is 70.1 Å². The van der Waals surface area contributed by atoms with E-state index in [1.165, 1.54) is 23.3 Å². The third-order valence-corrected chi connectivity index (χ3v) is 4.85. The second-order valence-corrected chi connectivity index (χ2v) is 7.34. The number of ether oxygens (including phenoxy) is 1. The Hall–Kier alpha value is -2.99. The fraction of sp³-hybridized carbons (Fsp3) is 0.136. The van der Waals surface area contributed by atoms with Crippen LogP contribution in [0.25, 0.3) is 0 Å². The summed E-state index contributed by atoms with van der Waals surface area (Å²) in [6.07, 6.45) is 1.78. The van der Waals surface area contributed by atoms with Crippen LogP contribution in [0.5, 0.6) is 5.75 Å². The SMILES string of the molecule is Cc1ccc(N=Cc2cc(Br)ccc2OCc2ccc([N+](=O)[O-])cc2)cc1C. The van der Waals surface area contributed by atoms with E-state index in [1.54, 1.807) is 18.3 Å². The highest BCUT2D eigenvalue weighted by Gasteiger charge is 2.07. The van der Waals surface area contributed by atoms with Crippen molar-refractivity contribution in [2.75, 3.05) is 0 Å². The van der Waals surface area contributed by atoms with Crippen molar-refractivity contribution in [2.45, 2.75) is 20.5 Å². The Balaban J connectivity index is 1.77. The molecule has 0 bridgehead atoms. The quantitative estimate of drug-likeness (QED) is 0.257. The van der Waals surface area contributed by atoms with E-state index in [4.69, 9.17) is 4.74 Å². The molecule has 5 nitrogen and oxygen atoms in total. The summed E-state index contributed by atoms with van der Waals surface area (Å²) in [5.41, 5.74) is 5.06. The molecule has 0 unspecified atom stereocenters. The molecule has 0 aromatic heterocycles. The zero-order valence-corrected chi connectivity index (χ0v) is 17.1. The summed E-state index contributed by atoms with van der Waals surface area (Å²) in [5.74, 6) is 0.689. The number of aliphatic imine (C=N–C) groups is 1. The third-order valence-electron chi connectivity index (χ3n) is 4.36. The molecule has 0 aliphatic heterocycles. The molecule has 0 spiro atoms. The van der Waals surface area contributed by atoms with Crippen molar-refractivity contribution in [3.05, 3.63) is 97.5 Å². The maximum Gasteiger partial charge on any atom is 0.269 e. The number of hydrogen-bond acceptors (Lipinski definition) is 4. The molecule has 0 radical (unpaired) electrons. The van der Waals surface area contributed by atoms with Gasteiger partial charge in [0.1, 0.15) is 12.4 Å². The number of hydrogen-bond donors (Lipinski definition) is 0. The minimum atomic E-state index is -0.416. The number of nitro groups is 1. The van der Waals surface area contributed by atoms with Gasteiger partial charge in [-0.05, 0) is 73.0 Å². The van der Waals surface area contributed by atoms with E-state index in [2.05, 4.69) is 40.8 Å². The number of benzene rings is 3. The Kier molecular flexibility index (Phi) is 6.21. The lowest BCUT2D eigenvalue weighted by Gasteiger charge is -2.10. The maximum absolute atomic E-state index is 10.8. The molecule has 0 fully saturated rings. The number of non-ortho nitro benzene ring substituents is 1. The topological polar surface area (TPSA) is 64.7 Å². The van der Waals surface area contributed by atoms with Crippen molar-refractivity contribution in [2.24, 2.45) is 4.99 Å². The first-order valence-electron chi connectivity index (χ1n) is 8.69. The van der Waals surface area contributed by atoms with Gasteiger partial charge in [0.15, 0.2) is 0 Å². The van der Waals surface area contributed by atoms with Crippen LogP contribution < -0.4 is 4.74 Å². The van der Waals surface area contributed by atoms with Gasteiger partial charge in [-0.15, -0.1) is 0 Å². The molecular formula is C22H19BrN2O3. The first-order valence-corrected chi connectivity index (χ1v) is 9.49. The van der Waals surface area contributed by atoms with Crippen molar-refractivity contribution in [3.8, 4) is 5.75 Å². The number of aryl methyl sites for hydroxylation is 2. The first kappa shape index (κ1) is 19.8. The first-order chi connectivity index (χ1) is 13.4. The molecule has 0 amide bonds. The predicted octanol–water partition coefficient (Wildman–Crippen LogP) is 6.30. The highest BCUT2D eigenvalue weighted by Crippen LogP contribution is 2.25. The van der Waals surface area contributed by atoms with E-state index in [9.17, 15) is 10.1 Å². The lowest BCUT2D eigenvalue weighted by molar-refractivity contribution is -0.384. The molecule has 3 aromatic rings. The largest absolute Gasteiger partial charge is 0.488 e. The third kappa shape index (κ3) is 5.04. The van der Waals surface area contributed by atoms with Gasteiger partial charge >= 0.3 is 0 Å². The van der Waals surface area contributed by atoms with E-state index >= 15 is 0 Å². The second-order valence-electron chi connectivity index (χ2n) is 6.42. The molecule has 0 saturated carbocycles. The van der Waals surface area contributed by atoms with Crippen LogP contribution in [0.2, 0.25) is 0 Å². The average molecular weight is 439 g/mol. The molecule has 0 aliphatic rings. The summed E-state index contributed by atoms with van der Waals surface area (Å²) in [4.78, 5) is 14.9. The molecular weight excluding hydrogens is 420 g/mol. The van der Waals surface area contributed by atoms with Crippen LogP contribution in [-0.2, 0) is 6.61 Å². The van der Waals surface area contributed by atoms with E-state index in [0.29, 0.717) is 12.4 Å². The van der Waals surface area contributed by atoms with Crippen LogP contribution in [0.3, 0.4) is 0 Å². The average Bonchev–Trinajstić information content (AvgIpc) is 2.68. The summed E-state index contributed by atoms with van der Waals surface area (Å²) < 4.78 is 6.86. The smallest absolute Gasteiger partial charge is 0.269 e. The molecule has 0 heterocycles. The van der Waals surface area contributed by atoms with Crippen LogP contribution >= 0.6 is 15.9 Å². The molecule has 0 N–H and O–H groups in total. The standard InChI is InChI=1S/C22H19BrN2O3/c1-15-3-7-20(11-16(15)2)24-13-18-12-19(23)6-10-22(18)28-14-17-4-8-21(9-5-17)25(26)27/h3-13H,14H2,1-2H3. The summed E-state index contributed by atoms with van der Waals surface area (Å²) in [5, 5.41) is 10.8. The van der Waals surface area contributed by atoms with E-state index in [1.807, 2.05) is 30.3 Å². The van der Waals surface area contributed by atoms with E-state index in [0.717, 1.165) is 21.3 Å². The van der Waals surface area contributed by atoms with Crippen LogP contribution in [0, 0.1) is 24.0 Å². The number of nitro benzene ring substituents is 1. The normalized spacial score (nSPS) is 11.0. The Morgan fingerprint density at radius 1 is 1.04 bits per heavy atom. The second kappa shape index (κ2) is 8.80. The molecule has 3 rings (SSSR count). The van der Waals surface area contributed by atoms with E-state index < -0.39 is 4.92 Å². The van der Waals surface area contributed by atoms with Gasteiger partial charge in [-0.1, -0.05) is 22.0 Å². The summed E-state index contributed by atoms with van der Waals surface area (Å²) in [6.45, 7) is 4.44. The van der Waals surface area contributed by atoms with Crippen LogP contribution in [0.4, 0.5) is 11.4 Å². The van der Waals surface area contributed by atoms with Gasteiger partial charge in [0.25, 0.3) is 5.69 Å². The maximum atomic E-state index is 10.8. The monoisotopic (exact) mass is 438 g/mol. The van der Waals surface area contributed by atoms with E-state index in [-0.39, 0.29) is 5.69 Å². The van der Waals surface area contributed by atoms with Crippen molar-refractivity contribution in [3.63, 3.8) is 0 Å². The number of halogens is 1. The number of rotatable bonds is 6. The molecule has 28 heavy (non-hydrogen) atoms. The summed E-state index contributed by atoms with van der Waals surface area (Å²) >= 11 is 3.48. The molecule has 0 saturated heterocycles. The fourth-order valence-corrected chi connectivity index (χ4v) is 2.96. The highest BCUT2D eigenvalue weighted by atomic mass is 79.9. The fourth-order valence-electron chi connectivity index (χ4n) is 2.58. The summed E-state index contributed by atoms with van der Waals surface area (Å²) in [7, 11) is 0. The van der Waals surface area contributed by atoms with Crippen molar-refractivity contribution >= 4 is 33.5 Å². The zero-order valence-electron chi connectivity index (χ0n) is 15.6. The molecule has 0 aliphatic carbocycles. The minimum absolute atomic E-state index is 0.0635. The Bertz CT molecular complexity index is 1030. The molecule has 0 atom stereocenters. The molecule has 6 heteroatoms. The minimum Gasteiger partial charge on any atom is -0.488 e.